The number of esters is 2. The van der Waals surface area contributed by atoms with E-state index in [2.05, 4.69) is 0 Å². The van der Waals surface area contributed by atoms with Crippen molar-refractivity contribution in [2.75, 3.05) is 13.2 Å². The van der Waals surface area contributed by atoms with Gasteiger partial charge in [0.05, 0.1) is 17.7 Å². The van der Waals surface area contributed by atoms with Crippen LogP contribution in [0.5, 0.6) is 23.0 Å². The van der Waals surface area contributed by atoms with Crippen LogP contribution in [0, 0.1) is 0 Å². The van der Waals surface area contributed by atoms with Crippen LogP contribution in [0.4, 0.5) is 4.79 Å². The first-order valence-electron chi connectivity index (χ1n) is 15.0. The lowest BCUT2D eigenvalue weighted by Gasteiger charge is -2.36. The van der Waals surface area contributed by atoms with Crippen LogP contribution in [0.1, 0.15) is 84.4 Å². The van der Waals surface area contributed by atoms with Crippen LogP contribution in [0.15, 0.2) is 54.6 Å². The van der Waals surface area contributed by atoms with Crippen molar-refractivity contribution in [2.45, 2.75) is 64.2 Å². The molecule has 0 fully saturated rings. The SMILES string of the molecule is CCOC(=O)[C@@H](CCCCN)N(C(=O)OC(C)(C)C)C(=O)c1cccc2c1C(=O)OC21c2ccc(O)cc2Oc2cc(O)ccc21. The number of aromatic hydroxyl groups is 2. The molecule has 0 radical (unpaired) electrons. The molecule has 2 aliphatic rings. The number of phenolic OH excluding ortho intramolecular Hbond substituents is 2. The van der Waals surface area contributed by atoms with E-state index in [1.807, 2.05) is 0 Å². The number of imide groups is 1. The lowest BCUT2D eigenvalue weighted by Crippen LogP contribution is -2.51. The van der Waals surface area contributed by atoms with Crippen LogP contribution in [0.2, 0.25) is 0 Å². The van der Waals surface area contributed by atoms with Gasteiger partial charge in [0.2, 0.25) is 0 Å². The summed E-state index contributed by atoms with van der Waals surface area (Å²) < 4.78 is 23.0. The molecule has 2 aliphatic heterocycles. The quantitative estimate of drug-likeness (QED) is 0.171. The Hall–Kier alpha value is -5.10. The van der Waals surface area contributed by atoms with Gasteiger partial charge in [0.25, 0.3) is 5.91 Å². The van der Waals surface area contributed by atoms with E-state index in [1.165, 1.54) is 36.4 Å². The van der Waals surface area contributed by atoms with Gasteiger partial charge in [-0.15, -0.1) is 0 Å². The summed E-state index contributed by atoms with van der Waals surface area (Å²) in [5, 5.41) is 20.4. The van der Waals surface area contributed by atoms with Gasteiger partial charge in [-0.1, -0.05) is 12.1 Å². The molecule has 46 heavy (non-hydrogen) atoms. The third-order valence-corrected chi connectivity index (χ3v) is 7.64. The Kier molecular flexibility index (Phi) is 8.68. The number of fused-ring (bicyclic) bond motifs is 6. The van der Waals surface area contributed by atoms with Crippen LogP contribution in [0.3, 0.4) is 0 Å². The van der Waals surface area contributed by atoms with Crippen LogP contribution in [0.25, 0.3) is 0 Å². The number of benzene rings is 3. The Balaban J connectivity index is 1.70. The molecule has 0 aliphatic carbocycles. The summed E-state index contributed by atoms with van der Waals surface area (Å²) in [4.78, 5) is 56.1. The van der Waals surface area contributed by atoms with Gasteiger partial charge in [-0.25, -0.2) is 19.3 Å². The zero-order chi connectivity index (χ0) is 33.4. The van der Waals surface area contributed by atoms with E-state index in [9.17, 15) is 29.4 Å². The molecule has 3 aromatic rings. The molecule has 3 aromatic carbocycles. The Morgan fingerprint density at radius 2 is 1.59 bits per heavy atom. The molecule has 4 N–H and O–H groups in total. The average Bonchev–Trinajstić information content (AvgIpc) is 3.28. The van der Waals surface area contributed by atoms with E-state index in [-0.39, 0.29) is 52.7 Å². The fourth-order valence-corrected chi connectivity index (χ4v) is 5.79. The van der Waals surface area contributed by atoms with Crippen molar-refractivity contribution in [1.29, 1.82) is 0 Å². The maximum atomic E-state index is 14.5. The minimum Gasteiger partial charge on any atom is -0.508 e. The van der Waals surface area contributed by atoms with Crippen LogP contribution in [-0.2, 0) is 24.6 Å². The van der Waals surface area contributed by atoms with Crippen LogP contribution < -0.4 is 10.5 Å². The second-order valence-electron chi connectivity index (χ2n) is 12.0. The number of rotatable bonds is 8. The highest BCUT2D eigenvalue weighted by molar-refractivity contribution is 6.13. The lowest BCUT2D eigenvalue weighted by molar-refractivity contribution is -0.148. The number of nitrogens with two attached hydrogens (primary N) is 1. The zero-order valence-corrected chi connectivity index (χ0v) is 26.0. The molecule has 0 bridgehead atoms. The normalized spacial score (nSPS) is 14.7. The number of carbonyl (C=O) groups is 4. The number of phenols is 2. The molecule has 12 nitrogen and oxygen atoms in total. The second-order valence-corrected chi connectivity index (χ2v) is 12.0. The fourth-order valence-electron chi connectivity index (χ4n) is 5.79. The third-order valence-electron chi connectivity index (χ3n) is 7.64. The number of hydrogen-bond acceptors (Lipinski definition) is 11. The lowest BCUT2D eigenvalue weighted by atomic mass is 9.77. The Bertz CT molecular complexity index is 1660. The van der Waals surface area contributed by atoms with Crippen molar-refractivity contribution in [1.82, 2.24) is 4.90 Å². The summed E-state index contributed by atoms with van der Waals surface area (Å²) >= 11 is 0. The molecular formula is C34H36N2O10. The molecule has 0 unspecified atom stereocenters. The largest absolute Gasteiger partial charge is 0.508 e. The Morgan fingerprint density at radius 3 is 2.15 bits per heavy atom. The molecule has 12 heteroatoms. The first kappa shape index (κ1) is 32.3. The van der Waals surface area contributed by atoms with Crippen LogP contribution in [-0.4, -0.2) is 63.8 Å². The van der Waals surface area contributed by atoms with Gasteiger partial charge in [0.1, 0.15) is 34.6 Å². The van der Waals surface area contributed by atoms with Crippen molar-refractivity contribution >= 4 is 23.9 Å². The smallest absolute Gasteiger partial charge is 0.418 e. The number of amides is 2. The monoisotopic (exact) mass is 632 g/mol. The maximum absolute atomic E-state index is 14.5. The first-order chi connectivity index (χ1) is 21.8. The van der Waals surface area contributed by atoms with Crippen molar-refractivity contribution in [3.05, 3.63) is 82.4 Å². The minimum absolute atomic E-state index is 0.00412. The van der Waals surface area contributed by atoms with E-state index >= 15 is 0 Å². The standard InChI is InChI=1S/C34H36N2O10/c1-5-43-30(40)25(11-6-7-16-35)36(32(42)46-33(2,3)4)29(39)21-9-8-10-24-28(21)31(41)45-34(24)22-14-12-19(37)17-26(22)44-27-18-20(38)13-15-23(27)34/h8-10,12-15,17-18,25,37-38H,5-7,11,16,35H2,1-4H3/t25-/m1/s1. The van der Waals surface area contributed by atoms with Gasteiger partial charge >= 0.3 is 18.0 Å². The molecule has 2 amide bonds. The number of ether oxygens (including phenoxy) is 4. The van der Waals surface area contributed by atoms with Gasteiger partial charge in [0.15, 0.2) is 5.60 Å². The van der Waals surface area contributed by atoms with E-state index in [1.54, 1.807) is 45.9 Å². The first-order valence-corrected chi connectivity index (χ1v) is 15.0. The van der Waals surface area contributed by atoms with Gasteiger partial charge in [0, 0.05) is 28.8 Å². The van der Waals surface area contributed by atoms with Crippen LogP contribution >= 0.6 is 0 Å². The topological polar surface area (TPSA) is 175 Å². The highest BCUT2D eigenvalue weighted by atomic mass is 16.6. The minimum atomic E-state index is -1.65. The molecule has 2 heterocycles. The van der Waals surface area contributed by atoms with E-state index in [0.717, 1.165) is 0 Å². The highest BCUT2D eigenvalue weighted by Crippen LogP contribution is 2.57. The van der Waals surface area contributed by atoms with E-state index < -0.39 is 41.2 Å². The summed E-state index contributed by atoms with van der Waals surface area (Å²) in [6, 6.07) is 11.7. The predicted molar refractivity (Wildman–Crippen MR) is 164 cm³/mol. The summed E-state index contributed by atoms with van der Waals surface area (Å²) in [6.07, 6.45) is -0.115. The predicted octanol–water partition coefficient (Wildman–Crippen LogP) is 5.10. The Labute approximate surface area is 265 Å². The number of carbonyl (C=O) groups excluding carboxylic acids is 4. The number of nitrogens with zero attached hydrogens (tertiary/aromatic N) is 1. The average molecular weight is 633 g/mol. The summed E-state index contributed by atoms with van der Waals surface area (Å²) in [6.45, 7) is 6.81. The van der Waals surface area contributed by atoms with E-state index in [0.29, 0.717) is 35.4 Å². The molecule has 242 valence electrons. The zero-order valence-electron chi connectivity index (χ0n) is 26.0. The molecule has 0 saturated carbocycles. The number of hydrogen-bond donors (Lipinski definition) is 3. The highest BCUT2D eigenvalue weighted by Gasteiger charge is 2.55. The van der Waals surface area contributed by atoms with Crippen molar-refractivity contribution in [3.8, 4) is 23.0 Å². The van der Waals surface area contributed by atoms with Crippen molar-refractivity contribution in [2.24, 2.45) is 5.73 Å². The molecule has 5 rings (SSSR count). The second kappa shape index (κ2) is 12.4. The van der Waals surface area contributed by atoms with Gasteiger partial charge in [-0.3, -0.25) is 4.79 Å². The fraction of sp³-hybridized carbons (Fsp3) is 0.353. The maximum Gasteiger partial charge on any atom is 0.418 e. The summed E-state index contributed by atoms with van der Waals surface area (Å²) in [5.41, 5.74) is 3.63. The molecular weight excluding hydrogens is 596 g/mol. The third kappa shape index (κ3) is 5.71. The van der Waals surface area contributed by atoms with Gasteiger partial charge in [-0.2, -0.15) is 0 Å². The molecule has 1 atom stereocenters. The summed E-state index contributed by atoms with van der Waals surface area (Å²) in [5.74, 6) is -2.55. The van der Waals surface area contributed by atoms with Gasteiger partial charge < -0.3 is 34.9 Å². The Morgan fingerprint density at radius 1 is 0.957 bits per heavy atom. The number of unbranched alkanes of at least 4 members (excludes halogenated alkanes) is 1. The molecule has 0 saturated heterocycles. The van der Waals surface area contributed by atoms with Crippen molar-refractivity contribution < 1.29 is 48.3 Å². The van der Waals surface area contributed by atoms with Crippen molar-refractivity contribution in [3.63, 3.8) is 0 Å². The van der Waals surface area contributed by atoms with E-state index in [4.69, 9.17) is 24.7 Å². The summed E-state index contributed by atoms with van der Waals surface area (Å²) in [7, 11) is 0. The molecule has 0 aromatic heterocycles. The van der Waals surface area contributed by atoms with Gasteiger partial charge in [-0.05, 0) is 83.8 Å². The molecule has 1 spiro atoms.